The van der Waals surface area contributed by atoms with Crippen LogP contribution in [0.15, 0.2) is 16.7 Å². The molecule has 5 nitrogen and oxygen atoms in total. The first-order valence-electron chi connectivity index (χ1n) is 6.24. The molecule has 6 heteroatoms. The molecule has 1 fully saturated rings. The van der Waals surface area contributed by atoms with Crippen LogP contribution in [0, 0.1) is 6.92 Å². The van der Waals surface area contributed by atoms with Crippen molar-refractivity contribution in [3.8, 4) is 11.5 Å². The van der Waals surface area contributed by atoms with Gasteiger partial charge < -0.3 is 5.32 Å². The van der Waals surface area contributed by atoms with Gasteiger partial charge in [0.2, 0.25) is 0 Å². The van der Waals surface area contributed by atoms with Gasteiger partial charge in [-0.15, -0.1) is 0 Å². The van der Waals surface area contributed by atoms with Gasteiger partial charge in [-0.3, -0.25) is 0 Å². The van der Waals surface area contributed by atoms with Crippen LogP contribution in [-0.4, -0.2) is 27.0 Å². The number of anilines is 1. The number of aromatic nitrogens is 4. The van der Waals surface area contributed by atoms with Gasteiger partial charge in [-0.05, 0) is 41.8 Å². The highest BCUT2D eigenvalue weighted by molar-refractivity contribution is 9.10. The summed E-state index contributed by atoms with van der Waals surface area (Å²) in [7, 11) is 1.86. The molecule has 1 aliphatic carbocycles. The van der Waals surface area contributed by atoms with Crippen LogP contribution < -0.4 is 5.32 Å². The average molecular weight is 320 g/mol. The summed E-state index contributed by atoms with van der Waals surface area (Å²) >= 11 is 3.58. The molecule has 0 aliphatic heterocycles. The van der Waals surface area contributed by atoms with Crippen molar-refractivity contribution >= 4 is 21.7 Å². The Morgan fingerprint density at radius 2 is 2.05 bits per heavy atom. The molecule has 2 heterocycles. The summed E-state index contributed by atoms with van der Waals surface area (Å²) in [5.41, 5.74) is 1.84. The number of nitrogens with zero attached hydrogens (tertiary/aromatic N) is 4. The molecule has 2 aromatic heterocycles. The van der Waals surface area contributed by atoms with E-state index in [0.29, 0.717) is 11.7 Å². The zero-order chi connectivity index (χ0) is 13.4. The van der Waals surface area contributed by atoms with Gasteiger partial charge >= 0.3 is 0 Å². The number of hydrogen-bond acceptors (Lipinski definition) is 5. The van der Waals surface area contributed by atoms with Gasteiger partial charge in [-0.2, -0.15) is 0 Å². The molecular formula is C13H14BrN5. The third kappa shape index (κ3) is 2.45. The number of hydrogen-bond donors (Lipinski definition) is 1. The average Bonchev–Trinajstić information content (AvgIpc) is 3.23. The van der Waals surface area contributed by atoms with Gasteiger partial charge in [0, 0.05) is 19.2 Å². The van der Waals surface area contributed by atoms with Crippen molar-refractivity contribution in [1.29, 1.82) is 0 Å². The third-order valence-electron chi connectivity index (χ3n) is 3.08. The van der Waals surface area contributed by atoms with Crippen LogP contribution in [0.1, 0.15) is 30.3 Å². The Labute approximate surface area is 120 Å². The van der Waals surface area contributed by atoms with Crippen LogP contribution in [-0.2, 0) is 0 Å². The van der Waals surface area contributed by atoms with Gasteiger partial charge in [0.15, 0.2) is 5.82 Å². The molecule has 0 spiro atoms. The van der Waals surface area contributed by atoms with Crippen molar-refractivity contribution in [3.05, 3.63) is 28.3 Å². The van der Waals surface area contributed by atoms with Crippen molar-refractivity contribution in [2.24, 2.45) is 0 Å². The van der Waals surface area contributed by atoms with E-state index in [1.54, 1.807) is 6.20 Å². The predicted molar refractivity (Wildman–Crippen MR) is 77.0 cm³/mol. The fourth-order valence-electron chi connectivity index (χ4n) is 1.95. The Morgan fingerprint density at radius 3 is 2.68 bits per heavy atom. The maximum absolute atomic E-state index is 4.67. The highest BCUT2D eigenvalue weighted by Gasteiger charge is 2.29. The second-order valence-corrected chi connectivity index (χ2v) is 5.40. The van der Waals surface area contributed by atoms with Crippen molar-refractivity contribution in [1.82, 2.24) is 19.9 Å². The zero-order valence-electron chi connectivity index (χ0n) is 10.8. The molecule has 19 heavy (non-hydrogen) atoms. The second-order valence-electron chi connectivity index (χ2n) is 4.61. The first-order valence-corrected chi connectivity index (χ1v) is 7.03. The third-order valence-corrected chi connectivity index (χ3v) is 3.86. The van der Waals surface area contributed by atoms with Crippen LogP contribution >= 0.6 is 15.9 Å². The summed E-state index contributed by atoms with van der Waals surface area (Å²) in [5, 5.41) is 3.10. The molecule has 0 aromatic carbocycles. The number of aryl methyl sites for hydroxylation is 1. The van der Waals surface area contributed by atoms with E-state index in [-0.39, 0.29) is 0 Å². The molecule has 98 valence electrons. The molecule has 0 radical (unpaired) electrons. The van der Waals surface area contributed by atoms with E-state index < -0.39 is 0 Å². The van der Waals surface area contributed by atoms with Gasteiger partial charge in [-0.25, -0.2) is 19.9 Å². The van der Waals surface area contributed by atoms with Gasteiger partial charge in [0.25, 0.3) is 0 Å². The molecule has 0 saturated heterocycles. The summed E-state index contributed by atoms with van der Waals surface area (Å²) in [6.07, 6.45) is 4.13. The molecule has 1 aliphatic rings. The first-order chi connectivity index (χ1) is 9.19. The van der Waals surface area contributed by atoms with Crippen LogP contribution in [0.5, 0.6) is 0 Å². The first kappa shape index (κ1) is 12.5. The molecule has 1 N–H and O–H groups in total. The van der Waals surface area contributed by atoms with E-state index in [9.17, 15) is 0 Å². The summed E-state index contributed by atoms with van der Waals surface area (Å²) in [6, 6.07) is 1.84. The maximum Gasteiger partial charge on any atom is 0.180 e. The zero-order valence-corrected chi connectivity index (χ0v) is 12.4. The second kappa shape index (κ2) is 4.85. The highest BCUT2D eigenvalue weighted by Crippen LogP contribution is 2.44. The van der Waals surface area contributed by atoms with Gasteiger partial charge in [-0.1, -0.05) is 0 Å². The van der Waals surface area contributed by atoms with E-state index in [0.717, 1.165) is 27.5 Å². The molecule has 3 rings (SSSR count). The Hall–Kier alpha value is -1.56. The van der Waals surface area contributed by atoms with E-state index >= 15 is 0 Å². The minimum absolute atomic E-state index is 0.547. The molecule has 0 bridgehead atoms. The Kier molecular flexibility index (Phi) is 3.18. The van der Waals surface area contributed by atoms with Crippen LogP contribution in [0.2, 0.25) is 0 Å². The van der Waals surface area contributed by atoms with Crippen LogP contribution in [0.3, 0.4) is 0 Å². The molecule has 2 aromatic rings. The lowest BCUT2D eigenvalue weighted by Gasteiger charge is -2.10. The van der Waals surface area contributed by atoms with Crippen molar-refractivity contribution < 1.29 is 0 Å². The normalized spacial score (nSPS) is 14.5. The SMILES string of the molecule is CNc1nc(-c2ccnc(C)n2)nc(C2CC2)c1Br. The van der Waals surface area contributed by atoms with Crippen LogP contribution in [0.4, 0.5) is 5.82 Å². The van der Waals surface area contributed by atoms with E-state index in [2.05, 4.69) is 41.2 Å². The fraction of sp³-hybridized carbons (Fsp3) is 0.385. The summed E-state index contributed by atoms with van der Waals surface area (Å²) in [4.78, 5) is 17.7. The lowest BCUT2D eigenvalue weighted by atomic mass is 10.2. The van der Waals surface area contributed by atoms with Crippen molar-refractivity contribution in [3.63, 3.8) is 0 Å². The topological polar surface area (TPSA) is 63.6 Å². The Bertz CT molecular complexity index is 624. The maximum atomic E-state index is 4.67. The lowest BCUT2D eigenvalue weighted by molar-refractivity contribution is 0.963. The quantitative estimate of drug-likeness (QED) is 0.942. The standard InChI is InChI=1S/C13H14BrN5/c1-7-16-6-5-9(17-7)12-18-11(8-3-4-8)10(14)13(15-2)19-12/h5-6,8H,3-4H2,1-2H3,(H,15,18,19). The summed E-state index contributed by atoms with van der Waals surface area (Å²) in [6.45, 7) is 1.86. The highest BCUT2D eigenvalue weighted by atomic mass is 79.9. The minimum Gasteiger partial charge on any atom is -0.372 e. The largest absolute Gasteiger partial charge is 0.372 e. The smallest absolute Gasteiger partial charge is 0.180 e. The van der Waals surface area contributed by atoms with Crippen LogP contribution in [0.25, 0.3) is 11.5 Å². The van der Waals surface area contributed by atoms with Crippen molar-refractivity contribution in [2.75, 3.05) is 12.4 Å². The monoisotopic (exact) mass is 319 g/mol. The predicted octanol–water partition coefficient (Wildman–Crippen LogP) is 2.92. The molecule has 0 atom stereocenters. The van der Waals surface area contributed by atoms with Gasteiger partial charge in [0.05, 0.1) is 10.2 Å². The Balaban J connectivity index is 2.13. The van der Waals surface area contributed by atoms with E-state index in [4.69, 9.17) is 0 Å². The molecular weight excluding hydrogens is 306 g/mol. The lowest BCUT2D eigenvalue weighted by Crippen LogP contribution is -2.04. The fourth-order valence-corrected chi connectivity index (χ4v) is 2.65. The van der Waals surface area contributed by atoms with Gasteiger partial charge in [0.1, 0.15) is 17.3 Å². The summed E-state index contributed by atoms with van der Waals surface area (Å²) < 4.78 is 0.965. The number of rotatable bonds is 3. The molecule has 1 saturated carbocycles. The Morgan fingerprint density at radius 1 is 1.26 bits per heavy atom. The molecule has 0 amide bonds. The summed E-state index contributed by atoms with van der Waals surface area (Å²) in [5.74, 6) is 2.73. The molecule has 0 unspecified atom stereocenters. The van der Waals surface area contributed by atoms with E-state index in [1.165, 1.54) is 12.8 Å². The minimum atomic E-state index is 0.547. The van der Waals surface area contributed by atoms with E-state index in [1.807, 2.05) is 20.0 Å². The number of halogens is 1. The number of nitrogens with one attached hydrogen (secondary N) is 1. The van der Waals surface area contributed by atoms with Crippen molar-refractivity contribution in [2.45, 2.75) is 25.7 Å².